The molecule has 2 nitrogen and oxygen atoms in total. The second kappa shape index (κ2) is 2.78. The molecule has 0 aliphatic heterocycles. The van der Waals surface area contributed by atoms with E-state index in [1.54, 1.807) is 0 Å². The number of nitrogens with two attached hydrogens (primary N) is 1. The minimum Gasteiger partial charge on any atom is -0.364 e. The van der Waals surface area contributed by atoms with Gasteiger partial charge in [-0.1, -0.05) is 18.7 Å². The van der Waals surface area contributed by atoms with Crippen LogP contribution in [0.15, 0.2) is 0 Å². The van der Waals surface area contributed by atoms with Crippen molar-refractivity contribution >= 4 is 18.1 Å². The quantitative estimate of drug-likeness (QED) is 0.541. The molecule has 0 aromatic carbocycles. The molecule has 0 amide bonds. The van der Waals surface area contributed by atoms with Crippen LogP contribution in [-0.4, -0.2) is 17.3 Å². The summed E-state index contributed by atoms with van der Waals surface area (Å²) >= 11 is 4.69. The summed E-state index contributed by atoms with van der Waals surface area (Å²) in [5.74, 6) is 0. The molecule has 0 rings (SSSR count). The average Bonchev–Trinajstić information content (AvgIpc) is 1.68. The normalized spacial score (nSPS) is 18.7. The topological polar surface area (TPSA) is 46.2 Å². The fourth-order valence-corrected chi connectivity index (χ4v) is 0.387. The third-order valence-corrected chi connectivity index (χ3v) is 3.56. The van der Waals surface area contributed by atoms with Crippen molar-refractivity contribution < 1.29 is 4.89 Å². The lowest BCUT2D eigenvalue weighted by Gasteiger charge is -2.06. The smallest absolute Gasteiger partial charge is 0.0761 e. The Labute approximate surface area is 48.8 Å². The second-order valence-corrected chi connectivity index (χ2v) is 6.07. The van der Waals surface area contributed by atoms with E-state index in [0.717, 1.165) is 0 Å². The minimum absolute atomic E-state index is 0.277. The lowest BCUT2D eigenvalue weighted by atomic mass is 11.0. The van der Waals surface area contributed by atoms with E-state index >= 15 is 0 Å². The third kappa shape index (κ3) is 3.18. The van der Waals surface area contributed by atoms with Gasteiger partial charge in [0, 0.05) is 6.29 Å². The van der Waals surface area contributed by atoms with E-state index in [1.165, 1.54) is 0 Å². The zero-order valence-electron chi connectivity index (χ0n) is 4.29. The van der Waals surface area contributed by atoms with E-state index in [0.29, 0.717) is 6.16 Å². The van der Waals surface area contributed by atoms with Crippen LogP contribution in [0, 0.1) is 0 Å². The highest BCUT2D eigenvalue weighted by molar-refractivity contribution is 8.11. The molecule has 0 bridgehead atoms. The summed E-state index contributed by atoms with van der Waals surface area (Å²) in [6.45, 7) is 1.85. The Morgan fingerprint density at radius 3 is 2.29 bits per heavy atom. The fraction of sp³-hybridized carbons (Fsp3) is 1.00. The van der Waals surface area contributed by atoms with Gasteiger partial charge < -0.3 is 10.6 Å². The summed E-state index contributed by atoms with van der Waals surface area (Å²) in [4.78, 5) is 8.93. The first kappa shape index (κ1) is 7.57. The van der Waals surface area contributed by atoms with Crippen molar-refractivity contribution in [1.82, 2.24) is 0 Å². The molecule has 1 atom stereocenters. The van der Waals surface area contributed by atoms with Crippen LogP contribution in [0.2, 0.25) is 0 Å². The Morgan fingerprint density at radius 1 is 1.86 bits per heavy atom. The van der Waals surface area contributed by atoms with E-state index in [1.807, 2.05) is 6.92 Å². The number of hydrogen-bond donors (Lipinski definition) is 2. The molecule has 3 N–H and O–H groups in total. The van der Waals surface area contributed by atoms with Crippen LogP contribution < -0.4 is 5.73 Å². The van der Waals surface area contributed by atoms with Crippen molar-refractivity contribution in [3.05, 3.63) is 0 Å². The van der Waals surface area contributed by atoms with Crippen molar-refractivity contribution in [3.8, 4) is 0 Å². The zero-order chi connectivity index (χ0) is 5.91. The van der Waals surface area contributed by atoms with Gasteiger partial charge in [0.25, 0.3) is 0 Å². The van der Waals surface area contributed by atoms with Crippen LogP contribution in [0.5, 0.6) is 0 Å². The van der Waals surface area contributed by atoms with Crippen molar-refractivity contribution in [1.29, 1.82) is 0 Å². The van der Waals surface area contributed by atoms with Gasteiger partial charge in [-0.15, -0.1) is 0 Å². The van der Waals surface area contributed by atoms with E-state index in [-0.39, 0.29) is 6.29 Å². The molecule has 0 saturated carbocycles. The Kier molecular flexibility index (Phi) is 3.00. The average molecular weight is 139 g/mol. The number of hydrogen-bond acceptors (Lipinski definition) is 2. The lowest BCUT2D eigenvalue weighted by Crippen LogP contribution is -2.00. The molecule has 44 valence electrons. The lowest BCUT2D eigenvalue weighted by molar-refractivity contribution is 0.622. The van der Waals surface area contributed by atoms with Gasteiger partial charge in [0.15, 0.2) is 0 Å². The summed E-state index contributed by atoms with van der Waals surface area (Å²) in [7, 11) is 0. The first-order valence-corrected chi connectivity index (χ1v) is 5.26. The maximum Gasteiger partial charge on any atom is 0.0761 e. The van der Waals surface area contributed by atoms with Crippen molar-refractivity contribution in [2.75, 3.05) is 12.4 Å². The largest absolute Gasteiger partial charge is 0.364 e. The summed E-state index contributed by atoms with van der Waals surface area (Å²) in [6, 6.07) is 0. The highest BCUT2D eigenvalue weighted by Crippen LogP contribution is 2.36. The summed E-state index contributed by atoms with van der Waals surface area (Å²) in [5, 5.41) is 0. The van der Waals surface area contributed by atoms with Crippen molar-refractivity contribution in [3.63, 3.8) is 0 Å². The van der Waals surface area contributed by atoms with Crippen LogP contribution in [0.1, 0.15) is 6.92 Å². The first-order valence-electron chi connectivity index (χ1n) is 2.13. The summed E-state index contributed by atoms with van der Waals surface area (Å²) in [6.07, 6.45) is -1.11. The zero-order valence-corrected chi connectivity index (χ0v) is 6.01. The molecule has 0 fully saturated rings. The Balaban J connectivity index is 3.61. The van der Waals surface area contributed by atoms with Gasteiger partial charge >= 0.3 is 0 Å². The number of rotatable bonds is 2. The minimum atomic E-state index is -2.04. The molecule has 0 aliphatic rings. The Bertz CT molecular complexity index is 86.9. The maximum atomic E-state index is 8.93. The van der Waals surface area contributed by atoms with Crippen molar-refractivity contribution in [2.24, 2.45) is 5.73 Å². The standard InChI is InChI=1S/C3H10NOPS/c1-2-6(5,7)3-4/h2-4H2,1H3,(H,5,7). The third-order valence-electron chi connectivity index (χ3n) is 0.779. The molecule has 0 heterocycles. The molecule has 0 aromatic rings. The van der Waals surface area contributed by atoms with Crippen LogP contribution in [0.25, 0.3) is 0 Å². The van der Waals surface area contributed by atoms with E-state index in [2.05, 4.69) is 11.8 Å². The molecule has 4 heteroatoms. The Morgan fingerprint density at radius 2 is 2.29 bits per heavy atom. The summed E-state index contributed by atoms with van der Waals surface area (Å²) < 4.78 is 0. The monoisotopic (exact) mass is 139 g/mol. The predicted octanol–water partition coefficient (Wildman–Crippen LogP) is 0.309. The SMILES string of the molecule is CCP(O)(=S)CN. The molecule has 0 aliphatic carbocycles. The van der Waals surface area contributed by atoms with Gasteiger partial charge in [0.05, 0.1) is 6.26 Å². The fourth-order valence-electron chi connectivity index (χ4n) is 0.129. The molecule has 0 radical (unpaired) electrons. The van der Waals surface area contributed by atoms with Gasteiger partial charge in [-0.05, 0) is 6.16 Å². The molecule has 0 saturated heterocycles. The van der Waals surface area contributed by atoms with Crippen LogP contribution in [0.3, 0.4) is 0 Å². The molecule has 7 heavy (non-hydrogen) atoms. The van der Waals surface area contributed by atoms with E-state index in [9.17, 15) is 0 Å². The first-order chi connectivity index (χ1) is 3.12. The van der Waals surface area contributed by atoms with Crippen LogP contribution >= 0.6 is 6.26 Å². The highest BCUT2D eigenvalue weighted by Gasteiger charge is 2.03. The Hall–Kier alpha value is 0.570. The molecule has 0 aromatic heterocycles. The predicted molar refractivity (Wildman–Crippen MR) is 36.1 cm³/mol. The van der Waals surface area contributed by atoms with Gasteiger partial charge in [0.1, 0.15) is 0 Å². The molecule has 0 spiro atoms. The van der Waals surface area contributed by atoms with Crippen LogP contribution in [0.4, 0.5) is 0 Å². The molecular weight excluding hydrogens is 129 g/mol. The molecule has 1 unspecified atom stereocenters. The van der Waals surface area contributed by atoms with Gasteiger partial charge in [-0.3, -0.25) is 0 Å². The molecular formula is C3H10NOPS. The van der Waals surface area contributed by atoms with Gasteiger partial charge in [0.2, 0.25) is 0 Å². The highest BCUT2D eigenvalue weighted by atomic mass is 32.4. The van der Waals surface area contributed by atoms with E-state index < -0.39 is 6.26 Å². The van der Waals surface area contributed by atoms with E-state index in [4.69, 9.17) is 10.6 Å². The second-order valence-electron chi connectivity index (χ2n) is 1.35. The van der Waals surface area contributed by atoms with Crippen LogP contribution in [-0.2, 0) is 11.8 Å². The maximum absolute atomic E-state index is 8.93. The summed E-state index contributed by atoms with van der Waals surface area (Å²) in [5.41, 5.74) is 5.11. The van der Waals surface area contributed by atoms with Gasteiger partial charge in [-0.25, -0.2) is 0 Å². The van der Waals surface area contributed by atoms with Gasteiger partial charge in [-0.2, -0.15) is 0 Å². The van der Waals surface area contributed by atoms with Crippen molar-refractivity contribution in [2.45, 2.75) is 6.92 Å².